The van der Waals surface area contributed by atoms with Gasteiger partial charge in [-0.25, -0.2) is 0 Å². The van der Waals surface area contributed by atoms with E-state index in [0.29, 0.717) is 37.5 Å². The van der Waals surface area contributed by atoms with Crippen LogP contribution < -0.4 is 5.32 Å². The van der Waals surface area contributed by atoms with Crippen LogP contribution >= 0.6 is 11.6 Å². The standard InChI is InChI=1S/C22H26ClN3O2/c1-17-2-4-18(5-3-17)16-22(28)26-14-12-25(13-15-26)11-10-21(27)24-20-8-6-19(23)7-9-20/h2-9H,10-16H2,1H3,(H,24,27). The van der Waals surface area contributed by atoms with Crippen molar-refractivity contribution < 1.29 is 9.59 Å². The smallest absolute Gasteiger partial charge is 0.227 e. The van der Waals surface area contributed by atoms with E-state index in [0.717, 1.165) is 24.3 Å². The van der Waals surface area contributed by atoms with Crippen LogP contribution in [0, 0.1) is 6.92 Å². The van der Waals surface area contributed by atoms with Crippen molar-refractivity contribution in [3.8, 4) is 0 Å². The molecule has 28 heavy (non-hydrogen) atoms. The zero-order chi connectivity index (χ0) is 19.9. The number of rotatable bonds is 6. The maximum atomic E-state index is 12.5. The van der Waals surface area contributed by atoms with Gasteiger partial charge in [-0.2, -0.15) is 0 Å². The van der Waals surface area contributed by atoms with E-state index in [1.54, 1.807) is 24.3 Å². The van der Waals surface area contributed by atoms with Crippen LogP contribution in [0.3, 0.4) is 0 Å². The first-order chi connectivity index (χ1) is 13.5. The molecule has 2 aromatic carbocycles. The molecule has 1 saturated heterocycles. The van der Waals surface area contributed by atoms with Crippen LogP contribution in [0.1, 0.15) is 17.5 Å². The molecule has 1 fully saturated rings. The molecule has 1 N–H and O–H groups in total. The lowest BCUT2D eigenvalue weighted by Gasteiger charge is -2.34. The predicted octanol–water partition coefficient (Wildman–Crippen LogP) is 3.36. The molecule has 0 aliphatic carbocycles. The van der Waals surface area contributed by atoms with Crippen LogP contribution in [0.25, 0.3) is 0 Å². The lowest BCUT2D eigenvalue weighted by molar-refractivity contribution is -0.132. The molecule has 0 unspecified atom stereocenters. The van der Waals surface area contributed by atoms with Crippen LogP contribution in [0.5, 0.6) is 0 Å². The van der Waals surface area contributed by atoms with Crippen molar-refractivity contribution in [2.75, 3.05) is 38.0 Å². The highest BCUT2D eigenvalue weighted by atomic mass is 35.5. The summed E-state index contributed by atoms with van der Waals surface area (Å²) in [6.07, 6.45) is 0.879. The van der Waals surface area contributed by atoms with Gasteiger partial charge in [0.2, 0.25) is 11.8 Å². The molecular weight excluding hydrogens is 374 g/mol. The van der Waals surface area contributed by atoms with Gasteiger partial charge in [0.05, 0.1) is 6.42 Å². The number of aryl methyl sites for hydroxylation is 1. The lowest BCUT2D eigenvalue weighted by Crippen LogP contribution is -2.49. The van der Waals surface area contributed by atoms with E-state index in [1.807, 2.05) is 36.1 Å². The molecule has 0 bridgehead atoms. The number of piperazine rings is 1. The predicted molar refractivity (Wildman–Crippen MR) is 113 cm³/mol. The monoisotopic (exact) mass is 399 g/mol. The van der Waals surface area contributed by atoms with Gasteiger partial charge in [-0.15, -0.1) is 0 Å². The van der Waals surface area contributed by atoms with E-state index in [9.17, 15) is 9.59 Å². The Morgan fingerprint density at radius 1 is 0.964 bits per heavy atom. The van der Waals surface area contributed by atoms with Gasteiger partial charge >= 0.3 is 0 Å². The summed E-state index contributed by atoms with van der Waals surface area (Å²) in [5, 5.41) is 3.52. The highest BCUT2D eigenvalue weighted by molar-refractivity contribution is 6.30. The molecule has 1 aliphatic heterocycles. The van der Waals surface area contributed by atoms with Crippen molar-refractivity contribution in [3.05, 3.63) is 64.7 Å². The zero-order valence-electron chi connectivity index (χ0n) is 16.2. The summed E-state index contributed by atoms with van der Waals surface area (Å²) in [6.45, 7) is 5.76. The number of amides is 2. The fourth-order valence-electron chi connectivity index (χ4n) is 3.23. The average molecular weight is 400 g/mol. The number of hydrogen-bond donors (Lipinski definition) is 1. The van der Waals surface area contributed by atoms with Crippen molar-refractivity contribution in [2.24, 2.45) is 0 Å². The quantitative estimate of drug-likeness (QED) is 0.810. The molecule has 0 saturated carbocycles. The lowest BCUT2D eigenvalue weighted by atomic mass is 10.1. The summed E-state index contributed by atoms with van der Waals surface area (Å²) in [4.78, 5) is 28.7. The van der Waals surface area contributed by atoms with Gasteiger partial charge < -0.3 is 10.2 Å². The third-order valence-electron chi connectivity index (χ3n) is 4.98. The van der Waals surface area contributed by atoms with Crippen LogP contribution in [0.4, 0.5) is 5.69 Å². The Morgan fingerprint density at radius 2 is 1.61 bits per heavy atom. The maximum Gasteiger partial charge on any atom is 0.227 e. The Kier molecular flexibility index (Phi) is 7.06. The van der Waals surface area contributed by atoms with E-state index in [2.05, 4.69) is 10.2 Å². The van der Waals surface area contributed by atoms with Crippen molar-refractivity contribution in [3.63, 3.8) is 0 Å². The average Bonchev–Trinajstić information content (AvgIpc) is 2.70. The van der Waals surface area contributed by atoms with Crippen LogP contribution in [0.15, 0.2) is 48.5 Å². The Labute approximate surface area is 171 Å². The van der Waals surface area contributed by atoms with Gasteiger partial charge in [0.1, 0.15) is 0 Å². The Morgan fingerprint density at radius 3 is 2.25 bits per heavy atom. The molecule has 0 spiro atoms. The van der Waals surface area contributed by atoms with Crippen LogP contribution in [-0.2, 0) is 16.0 Å². The van der Waals surface area contributed by atoms with Crippen molar-refractivity contribution in [2.45, 2.75) is 19.8 Å². The third kappa shape index (κ3) is 6.08. The molecular formula is C22H26ClN3O2. The topological polar surface area (TPSA) is 52.7 Å². The number of benzene rings is 2. The summed E-state index contributed by atoms with van der Waals surface area (Å²) in [5.74, 6) is 0.157. The Balaban J connectivity index is 1.37. The fourth-order valence-corrected chi connectivity index (χ4v) is 3.36. The van der Waals surface area contributed by atoms with Crippen LogP contribution in [0.2, 0.25) is 5.02 Å². The molecule has 2 aromatic rings. The molecule has 2 amide bonds. The van der Waals surface area contributed by atoms with Gasteiger partial charge in [0.15, 0.2) is 0 Å². The maximum absolute atomic E-state index is 12.5. The van der Waals surface area contributed by atoms with E-state index in [-0.39, 0.29) is 11.8 Å². The molecule has 1 heterocycles. The minimum atomic E-state index is -0.0137. The second-order valence-electron chi connectivity index (χ2n) is 7.19. The highest BCUT2D eigenvalue weighted by Crippen LogP contribution is 2.14. The Bertz CT molecular complexity index is 798. The van der Waals surface area contributed by atoms with Gasteiger partial charge in [0.25, 0.3) is 0 Å². The minimum Gasteiger partial charge on any atom is -0.340 e. The summed E-state index contributed by atoms with van der Waals surface area (Å²) >= 11 is 5.85. The molecule has 1 aliphatic rings. The van der Waals surface area contributed by atoms with Gasteiger partial charge in [-0.3, -0.25) is 14.5 Å². The number of carbonyl (C=O) groups is 2. The summed E-state index contributed by atoms with van der Waals surface area (Å²) in [7, 11) is 0. The van der Waals surface area contributed by atoms with Crippen molar-refractivity contribution in [1.82, 2.24) is 9.80 Å². The third-order valence-corrected chi connectivity index (χ3v) is 5.24. The first-order valence-electron chi connectivity index (χ1n) is 9.61. The van der Waals surface area contributed by atoms with Gasteiger partial charge in [-0.1, -0.05) is 41.4 Å². The molecule has 0 radical (unpaired) electrons. The first-order valence-corrected chi connectivity index (χ1v) is 9.98. The molecule has 148 valence electrons. The molecule has 0 atom stereocenters. The summed E-state index contributed by atoms with van der Waals surface area (Å²) in [6, 6.07) is 15.2. The Hall–Kier alpha value is -2.37. The van der Waals surface area contributed by atoms with Gasteiger partial charge in [-0.05, 0) is 36.8 Å². The molecule has 5 nitrogen and oxygen atoms in total. The minimum absolute atomic E-state index is 0.0137. The fraction of sp³-hybridized carbons (Fsp3) is 0.364. The number of anilines is 1. The number of nitrogens with zero attached hydrogens (tertiary/aromatic N) is 2. The van der Waals surface area contributed by atoms with Crippen molar-refractivity contribution in [1.29, 1.82) is 0 Å². The van der Waals surface area contributed by atoms with E-state index in [4.69, 9.17) is 11.6 Å². The molecule has 3 rings (SSSR count). The molecule has 6 heteroatoms. The van der Waals surface area contributed by atoms with Gasteiger partial charge in [0, 0.05) is 49.9 Å². The number of nitrogens with one attached hydrogen (secondary N) is 1. The SMILES string of the molecule is Cc1ccc(CC(=O)N2CCN(CCC(=O)Nc3ccc(Cl)cc3)CC2)cc1. The first kappa shape index (κ1) is 20.4. The number of carbonyl (C=O) groups excluding carboxylic acids is 2. The highest BCUT2D eigenvalue weighted by Gasteiger charge is 2.21. The van der Waals surface area contributed by atoms with Crippen molar-refractivity contribution >= 4 is 29.1 Å². The normalized spacial score (nSPS) is 14.7. The second-order valence-corrected chi connectivity index (χ2v) is 7.63. The summed E-state index contributed by atoms with van der Waals surface area (Å²) in [5.41, 5.74) is 3.00. The van der Waals surface area contributed by atoms with E-state index in [1.165, 1.54) is 5.56 Å². The molecule has 0 aromatic heterocycles. The van der Waals surface area contributed by atoms with Crippen LogP contribution in [-0.4, -0.2) is 54.3 Å². The summed E-state index contributed by atoms with van der Waals surface area (Å²) < 4.78 is 0. The van der Waals surface area contributed by atoms with E-state index >= 15 is 0 Å². The largest absolute Gasteiger partial charge is 0.340 e. The number of halogens is 1. The number of hydrogen-bond acceptors (Lipinski definition) is 3. The van der Waals surface area contributed by atoms with E-state index < -0.39 is 0 Å². The second kappa shape index (κ2) is 9.71. The zero-order valence-corrected chi connectivity index (χ0v) is 16.9.